The molecule has 0 aliphatic heterocycles. The highest BCUT2D eigenvalue weighted by Gasteiger charge is 2.29. The van der Waals surface area contributed by atoms with Gasteiger partial charge in [0.25, 0.3) is 0 Å². The minimum atomic E-state index is -3.64. The average Bonchev–Trinajstić information content (AvgIpc) is 2.50. The zero-order valence-corrected chi connectivity index (χ0v) is 14.2. The molecule has 0 saturated heterocycles. The number of carbonyl (C=O) groups excluding carboxylic acids is 1. The zero-order chi connectivity index (χ0) is 17.0. The Morgan fingerprint density at radius 3 is 2.52 bits per heavy atom. The monoisotopic (exact) mass is 332 g/mol. The van der Waals surface area contributed by atoms with Gasteiger partial charge in [-0.1, -0.05) is 12.1 Å². The van der Waals surface area contributed by atoms with Crippen LogP contribution in [0.5, 0.6) is 0 Å². The predicted molar refractivity (Wildman–Crippen MR) is 88.8 cm³/mol. The number of hydrogen-bond acceptors (Lipinski definition) is 4. The van der Waals surface area contributed by atoms with Gasteiger partial charge in [-0.2, -0.15) is 0 Å². The van der Waals surface area contributed by atoms with E-state index in [9.17, 15) is 13.2 Å². The number of pyridine rings is 1. The molecule has 0 aliphatic carbocycles. The molecule has 6 heteroatoms. The second-order valence-corrected chi connectivity index (χ2v) is 7.63. The average molecular weight is 332 g/mol. The molecule has 1 N–H and O–H groups in total. The van der Waals surface area contributed by atoms with Crippen LogP contribution < -0.4 is 5.32 Å². The van der Waals surface area contributed by atoms with Crippen LogP contribution >= 0.6 is 0 Å². The summed E-state index contributed by atoms with van der Waals surface area (Å²) < 4.78 is 26.1. The fourth-order valence-electron chi connectivity index (χ4n) is 2.26. The molecule has 0 radical (unpaired) electrons. The van der Waals surface area contributed by atoms with Crippen LogP contribution in [0.4, 0.5) is 0 Å². The quantitative estimate of drug-likeness (QED) is 0.912. The summed E-state index contributed by atoms with van der Waals surface area (Å²) >= 11 is 0. The van der Waals surface area contributed by atoms with Crippen molar-refractivity contribution in [3.63, 3.8) is 0 Å². The molecule has 0 saturated carbocycles. The first-order valence-electron chi connectivity index (χ1n) is 7.28. The summed E-state index contributed by atoms with van der Waals surface area (Å²) in [6.07, 6.45) is 3.10. The molecule has 0 spiro atoms. The van der Waals surface area contributed by atoms with Gasteiger partial charge in [0.15, 0.2) is 9.84 Å². The summed E-state index contributed by atoms with van der Waals surface area (Å²) in [5.74, 6) is -0.269. The number of nitrogens with one attached hydrogen (secondary N) is 1. The third kappa shape index (κ3) is 3.96. The van der Waals surface area contributed by atoms with E-state index >= 15 is 0 Å². The number of nitrogens with zero attached hydrogens (tertiary/aromatic N) is 1. The fraction of sp³-hybridized carbons (Fsp3) is 0.294. The maximum Gasteiger partial charge on any atom is 0.216 e. The van der Waals surface area contributed by atoms with Gasteiger partial charge in [0.2, 0.25) is 5.91 Å². The van der Waals surface area contributed by atoms with Gasteiger partial charge in [0, 0.05) is 25.9 Å². The van der Waals surface area contributed by atoms with Gasteiger partial charge in [0.1, 0.15) is 5.25 Å². The lowest BCUT2D eigenvalue weighted by Crippen LogP contribution is -2.30. The number of benzene rings is 1. The van der Waals surface area contributed by atoms with E-state index in [1.165, 1.54) is 13.1 Å². The minimum absolute atomic E-state index is 0.0102. The summed E-state index contributed by atoms with van der Waals surface area (Å²) in [6, 6.07) is 8.46. The number of aryl methyl sites for hydroxylation is 2. The first-order valence-corrected chi connectivity index (χ1v) is 8.82. The van der Waals surface area contributed by atoms with Crippen molar-refractivity contribution in [1.29, 1.82) is 0 Å². The Balaban J connectivity index is 2.47. The van der Waals surface area contributed by atoms with Crippen LogP contribution in [0.15, 0.2) is 47.6 Å². The third-order valence-electron chi connectivity index (χ3n) is 3.77. The van der Waals surface area contributed by atoms with Crippen molar-refractivity contribution >= 4 is 15.7 Å². The Morgan fingerprint density at radius 2 is 1.96 bits per heavy atom. The summed E-state index contributed by atoms with van der Waals surface area (Å²) in [7, 11) is -3.64. The summed E-state index contributed by atoms with van der Waals surface area (Å²) in [5.41, 5.74) is 2.50. The highest BCUT2D eigenvalue weighted by molar-refractivity contribution is 7.91. The fourth-order valence-corrected chi connectivity index (χ4v) is 3.99. The van der Waals surface area contributed by atoms with Gasteiger partial charge in [0.05, 0.1) is 4.90 Å². The Bertz CT molecular complexity index is 802. The first kappa shape index (κ1) is 17.1. The van der Waals surface area contributed by atoms with E-state index < -0.39 is 15.1 Å². The number of hydrogen-bond donors (Lipinski definition) is 1. The van der Waals surface area contributed by atoms with E-state index in [1.54, 1.807) is 36.5 Å². The molecule has 0 bridgehead atoms. The van der Waals surface area contributed by atoms with Crippen LogP contribution in [0.1, 0.15) is 28.9 Å². The Hall–Kier alpha value is -2.21. The molecular formula is C17H20N2O3S. The first-order chi connectivity index (χ1) is 10.8. The molecule has 0 fully saturated rings. The number of carbonyl (C=O) groups is 1. The predicted octanol–water partition coefficient (Wildman–Crippen LogP) is 2.35. The minimum Gasteiger partial charge on any atom is -0.355 e. The molecule has 2 rings (SSSR count). The van der Waals surface area contributed by atoms with Crippen LogP contribution in [-0.4, -0.2) is 25.9 Å². The molecular weight excluding hydrogens is 312 g/mol. The SMILES string of the molecule is CC(=O)NC[C@@H](c1cccnc1)S(=O)(=O)c1ccc(C)c(C)c1. The molecule has 1 aromatic carbocycles. The van der Waals surface area contributed by atoms with Gasteiger partial charge in [-0.25, -0.2) is 8.42 Å². The van der Waals surface area contributed by atoms with Crippen molar-refractivity contribution in [3.05, 3.63) is 59.4 Å². The maximum absolute atomic E-state index is 13.0. The van der Waals surface area contributed by atoms with Crippen molar-refractivity contribution in [3.8, 4) is 0 Å². The van der Waals surface area contributed by atoms with Gasteiger partial charge < -0.3 is 5.32 Å². The highest BCUT2D eigenvalue weighted by Crippen LogP contribution is 2.29. The zero-order valence-electron chi connectivity index (χ0n) is 13.4. The second-order valence-electron chi connectivity index (χ2n) is 5.50. The van der Waals surface area contributed by atoms with Crippen LogP contribution in [0.3, 0.4) is 0 Å². The van der Waals surface area contributed by atoms with Crippen molar-refractivity contribution in [1.82, 2.24) is 10.3 Å². The van der Waals surface area contributed by atoms with Gasteiger partial charge in [-0.15, -0.1) is 0 Å². The van der Waals surface area contributed by atoms with Crippen LogP contribution in [0.25, 0.3) is 0 Å². The molecule has 1 aromatic heterocycles. The number of aromatic nitrogens is 1. The van der Waals surface area contributed by atoms with E-state index in [-0.39, 0.29) is 17.3 Å². The molecule has 2 aromatic rings. The van der Waals surface area contributed by atoms with Crippen molar-refractivity contribution in [2.45, 2.75) is 30.9 Å². The molecule has 0 unspecified atom stereocenters. The summed E-state index contributed by atoms with van der Waals surface area (Å²) in [6.45, 7) is 5.18. The number of sulfone groups is 1. The molecule has 5 nitrogen and oxygen atoms in total. The van der Waals surface area contributed by atoms with Gasteiger partial charge in [-0.3, -0.25) is 9.78 Å². The molecule has 0 aliphatic rings. The van der Waals surface area contributed by atoms with Crippen LogP contribution in [0, 0.1) is 13.8 Å². The van der Waals surface area contributed by atoms with Crippen LogP contribution in [0.2, 0.25) is 0 Å². The van der Waals surface area contributed by atoms with E-state index in [0.29, 0.717) is 5.56 Å². The lowest BCUT2D eigenvalue weighted by Gasteiger charge is -2.19. The van der Waals surface area contributed by atoms with Crippen molar-refractivity contribution < 1.29 is 13.2 Å². The van der Waals surface area contributed by atoms with E-state index in [2.05, 4.69) is 10.3 Å². The van der Waals surface area contributed by atoms with E-state index in [4.69, 9.17) is 0 Å². The smallest absolute Gasteiger partial charge is 0.216 e. The third-order valence-corrected chi connectivity index (χ3v) is 5.87. The Labute approximate surface area is 136 Å². The molecule has 23 heavy (non-hydrogen) atoms. The lowest BCUT2D eigenvalue weighted by molar-refractivity contribution is -0.118. The van der Waals surface area contributed by atoms with Gasteiger partial charge in [-0.05, 0) is 48.7 Å². The normalized spacial score (nSPS) is 12.7. The molecule has 122 valence electrons. The Kier molecular flexibility index (Phi) is 5.15. The van der Waals surface area contributed by atoms with E-state index in [0.717, 1.165) is 11.1 Å². The molecule has 1 heterocycles. The molecule has 1 atom stereocenters. The van der Waals surface area contributed by atoms with Crippen LogP contribution in [-0.2, 0) is 14.6 Å². The summed E-state index contributed by atoms with van der Waals surface area (Å²) in [4.78, 5) is 15.5. The van der Waals surface area contributed by atoms with Crippen molar-refractivity contribution in [2.24, 2.45) is 0 Å². The standard InChI is InChI=1S/C17H20N2O3S/c1-12-6-7-16(9-13(12)2)23(21,22)17(11-19-14(3)20)15-5-4-8-18-10-15/h4-10,17H,11H2,1-3H3,(H,19,20)/t17-/m0/s1. The maximum atomic E-state index is 13.0. The van der Waals surface area contributed by atoms with E-state index in [1.807, 2.05) is 13.8 Å². The Morgan fingerprint density at radius 1 is 1.22 bits per heavy atom. The highest BCUT2D eigenvalue weighted by atomic mass is 32.2. The molecule has 1 amide bonds. The van der Waals surface area contributed by atoms with Gasteiger partial charge >= 0.3 is 0 Å². The second kappa shape index (κ2) is 6.91. The largest absolute Gasteiger partial charge is 0.355 e. The number of amides is 1. The lowest BCUT2D eigenvalue weighted by atomic mass is 10.1. The number of rotatable bonds is 5. The topological polar surface area (TPSA) is 76.1 Å². The van der Waals surface area contributed by atoms with Crippen molar-refractivity contribution in [2.75, 3.05) is 6.54 Å². The summed E-state index contributed by atoms with van der Waals surface area (Å²) in [5, 5.41) is 1.73.